The first-order valence-corrected chi connectivity index (χ1v) is 11.6. The van der Waals surface area contributed by atoms with Crippen LogP contribution in [0, 0.1) is 0 Å². The van der Waals surface area contributed by atoms with Gasteiger partial charge in [0.25, 0.3) is 0 Å². The molecule has 3 nitrogen and oxygen atoms in total. The summed E-state index contributed by atoms with van der Waals surface area (Å²) in [6.07, 6.45) is -9.97. The van der Waals surface area contributed by atoms with E-state index in [0.29, 0.717) is 17.8 Å². The molecule has 0 spiro atoms. The Morgan fingerprint density at radius 1 is 0.821 bits per heavy atom. The molecule has 0 aromatic heterocycles. The van der Waals surface area contributed by atoms with Crippen molar-refractivity contribution in [2.45, 2.75) is 32.0 Å². The topological polar surface area (TPSA) is 41.1 Å². The first-order valence-electron chi connectivity index (χ1n) is 8.15. The molecule has 2 rings (SSSR count). The van der Waals surface area contributed by atoms with E-state index in [4.69, 9.17) is 0 Å². The number of halogens is 6. The van der Waals surface area contributed by atoms with Gasteiger partial charge in [-0.25, -0.2) is 4.79 Å². The standard InChI is InChI=1S/C18H18F6N2OSi/c1-28(2,3)15-7-5-4-6-14(15)26-16(27)25-13-9-11(17(19,20)21)8-12(10-13)18(22,23)24/h4-10H,1-3H3,(H2,25,26,27). The SMILES string of the molecule is C[Si](C)(C)c1ccccc1NC(=O)Nc1cc(C(F)(F)F)cc(C(F)(F)F)c1. The van der Waals surface area contributed by atoms with Crippen LogP contribution in [-0.2, 0) is 12.4 Å². The summed E-state index contributed by atoms with van der Waals surface area (Å²) in [6, 6.07) is 6.90. The molecule has 2 aromatic rings. The number of para-hydroxylation sites is 1. The van der Waals surface area contributed by atoms with E-state index in [2.05, 4.69) is 10.6 Å². The van der Waals surface area contributed by atoms with Crippen LogP contribution in [0.1, 0.15) is 11.1 Å². The van der Waals surface area contributed by atoms with Crippen LogP contribution in [0.3, 0.4) is 0 Å². The van der Waals surface area contributed by atoms with Crippen molar-refractivity contribution in [3.05, 3.63) is 53.6 Å². The van der Waals surface area contributed by atoms with Crippen molar-refractivity contribution < 1.29 is 31.1 Å². The van der Waals surface area contributed by atoms with E-state index >= 15 is 0 Å². The number of anilines is 2. The summed E-state index contributed by atoms with van der Waals surface area (Å²) < 4.78 is 77.5. The molecule has 0 unspecified atom stereocenters. The van der Waals surface area contributed by atoms with Crippen molar-refractivity contribution in [3.63, 3.8) is 0 Å². The van der Waals surface area contributed by atoms with E-state index in [1.165, 1.54) is 0 Å². The maximum Gasteiger partial charge on any atom is 0.416 e. The number of amides is 2. The number of rotatable bonds is 3. The average molecular weight is 420 g/mol. The van der Waals surface area contributed by atoms with Gasteiger partial charge < -0.3 is 10.6 Å². The van der Waals surface area contributed by atoms with Crippen LogP contribution in [-0.4, -0.2) is 14.1 Å². The molecule has 0 aliphatic heterocycles. The summed E-state index contributed by atoms with van der Waals surface area (Å²) in [6.45, 7) is 6.11. The molecule has 0 atom stereocenters. The molecule has 0 aliphatic rings. The lowest BCUT2D eigenvalue weighted by Gasteiger charge is -2.21. The maximum absolute atomic E-state index is 12.9. The van der Waals surface area contributed by atoms with E-state index in [1.54, 1.807) is 18.2 Å². The summed E-state index contributed by atoms with van der Waals surface area (Å²) in [5.74, 6) is 0. The quantitative estimate of drug-likeness (QED) is 0.470. The fourth-order valence-electron chi connectivity index (χ4n) is 2.56. The van der Waals surface area contributed by atoms with Crippen LogP contribution in [0.25, 0.3) is 0 Å². The van der Waals surface area contributed by atoms with Gasteiger partial charge in [0.1, 0.15) is 0 Å². The number of hydrogen-bond acceptors (Lipinski definition) is 1. The molecular formula is C18H18F6N2OSi. The first kappa shape index (κ1) is 21.8. The number of carbonyl (C=O) groups is 1. The molecule has 0 saturated carbocycles. The van der Waals surface area contributed by atoms with Crippen LogP contribution >= 0.6 is 0 Å². The van der Waals surface area contributed by atoms with Crippen molar-refractivity contribution in [1.82, 2.24) is 0 Å². The fourth-order valence-corrected chi connectivity index (χ4v) is 4.11. The third-order valence-electron chi connectivity index (χ3n) is 3.83. The van der Waals surface area contributed by atoms with Crippen LogP contribution in [0.4, 0.5) is 42.5 Å². The van der Waals surface area contributed by atoms with Gasteiger partial charge in [0.15, 0.2) is 0 Å². The normalized spacial score (nSPS) is 12.6. The minimum absolute atomic E-state index is 0.00356. The Morgan fingerprint density at radius 2 is 1.32 bits per heavy atom. The zero-order chi connectivity index (χ0) is 21.3. The molecule has 0 radical (unpaired) electrons. The smallest absolute Gasteiger partial charge is 0.308 e. The van der Waals surface area contributed by atoms with E-state index < -0.39 is 43.3 Å². The number of hydrogen-bond donors (Lipinski definition) is 2. The molecule has 0 fully saturated rings. The van der Waals surface area contributed by atoms with Crippen LogP contribution < -0.4 is 15.8 Å². The van der Waals surface area contributed by atoms with E-state index in [9.17, 15) is 31.1 Å². The highest BCUT2D eigenvalue weighted by molar-refractivity contribution is 6.89. The minimum Gasteiger partial charge on any atom is -0.308 e. The van der Waals surface area contributed by atoms with Crippen molar-refractivity contribution in [2.75, 3.05) is 10.6 Å². The second-order valence-corrected chi connectivity index (χ2v) is 12.2. The van der Waals surface area contributed by atoms with E-state index in [0.717, 1.165) is 5.19 Å². The summed E-state index contributed by atoms with van der Waals surface area (Å²) in [4.78, 5) is 12.2. The summed E-state index contributed by atoms with van der Waals surface area (Å²) in [7, 11) is -1.84. The van der Waals surface area contributed by atoms with Gasteiger partial charge in [0, 0.05) is 11.4 Å². The Bertz CT molecular complexity index is 839. The van der Waals surface area contributed by atoms with Gasteiger partial charge >= 0.3 is 18.4 Å². The second-order valence-electron chi connectivity index (χ2n) is 7.17. The summed E-state index contributed by atoms with van der Waals surface area (Å²) >= 11 is 0. The van der Waals surface area contributed by atoms with Gasteiger partial charge in [-0.15, -0.1) is 0 Å². The number of benzene rings is 2. The highest BCUT2D eigenvalue weighted by Crippen LogP contribution is 2.37. The molecular weight excluding hydrogens is 402 g/mol. The minimum atomic E-state index is -4.99. The molecule has 0 bridgehead atoms. The van der Waals surface area contributed by atoms with Crippen LogP contribution in [0.15, 0.2) is 42.5 Å². The van der Waals surface area contributed by atoms with Gasteiger partial charge in [0.05, 0.1) is 19.2 Å². The van der Waals surface area contributed by atoms with Crippen LogP contribution in [0.5, 0.6) is 0 Å². The zero-order valence-corrected chi connectivity index (χ0v) is 16.2. The molecule has 2 N–H and O–H groups in total. The maximum atomic E-state index is 12.9. The highest BCUT2D eigenvalue weighted by atomic mass is 28.3. The Hall–Kier alpha value is -2.49. The highest BCUT2D eigenvalue weighted by Gasteiger charge is 2.37. The Labute approximate surface area is 158 Å². The lowest BCUT2D eigenvalue weighted by atomic mass is 10.1. The molecule has 0 aliphatic carbocycles. The summed E-state index contributed by atoms with van der Waals surface area (Å²) in [5, 5.41) is 5.46. The largest absolute Gasteiger partial charge is 0.416 e. The number of alkyl halides is 6. The number of carbonyl (C=O) groups excluding carboxylic acids is 1. The van der Waals surface area contributed by atoms with Gasteiger partial charge in [-0.3, -0.25) is 0 Å². The number of nitrogens with one attached hydrogen (secondary N) is 2. The van der Waals surface area contributed by atoms with Crippen LogP contribution in [0.2, 0.25) is 19.6 Å². The van der Waals surface area contributed by atoms with Gasteiger partial charge in [-0.05, 0) is 29.5 Å². The Kier molecular flexibility index (Phi) is 5.84. The predicted molar refractivity (Wildman–Crippen MR) is 98.5 cm³/mol. The molecule has 0 heterocycles. The van der Waals surface area contributed by atoms with Gasteiger partial charge in [0.2, 0.25) is 0 Å². The Morgan fingerprint density at radius 3 is 1.79 bits per heavy atom. The molecule has 2 aromatic carbocycles. The molecule has 10 heteroatoms. The van der Waals surface area contributed by atoms with Crippen molar-refractivity contribution >= 4 is 30.7 Å². The Balaban J connectivity index is 2.32. The van der Waals surface area contributed by atoms with Gasteiger partial charge in [-0.2, -0.15) is 26.3 Å². The average Bonchev–Trinajstić information content (AvgIpc) is 2.52. The van der Waals surface area contributed by atoms with Gasteiger partial charge in [-0.1, -0.05) is 37.8 Å². The number of urea groups is 1. The zero-order valence-electron chi connectivity index (χ0n) is 15.2. The van der Waals surface area contributed by atoms with E-state index in [1.807, 2.05) is 25.7 Å². The third kappa shape index (κ3) is 5.51. The molecule has 2 amide bonds. The predicted octanol–water partition coefficient (Wildman–Crippen LogP) is 5.91. The van der Waals surface area contributed by atoms with Crippen molar-refractivity contribution in [3.8, 4) is 0 Å². The molecule has 28 heavy (non-hydrogen) atoms. The fraction of sp³-hybridized carbons (Fsp3) is 0.278. The summed E-state index contributed by atoms with van der Waals surface area (Å²) in [5.41, 5.74) is -3.15. The second kappa shape index (κ2) is 7.49. The van der Waals surface area contributed by atoms with Crippen molar-refractivity contribution in [1.29, 1.82) is 0 Å². The van der Waals surface area contributed by atoms with Crippen molar-refractivity contribution in [2.24, 2.45) is 0 Å². The lowest BCUT2D eigenvalue weighted by Crippen LogP contribution is -2.40. The molecule has 0 saturated heterocycles. The third-order valence-corrected chi connectivity index (χ3v) is 5.88. The first-order chi connectivity index (χ1) is 12.7. The van der Waals surface area contributed by atoms with E-state index in [-0.39, 0.29) is 6.07 Å². The molecule has 152 valence electrons. The lowest BCUT2D eigenvalue weighted by molar-refractivity contribution is -0.143. The monoisotopic (exact) mass is 420 g/mol.